The van der Waals surface area contributed by atoms with Crippen molar-refractivity contribution in [3.05, 3.63) is 22.8 Å². The van der Waals surface area contributed by atoms with Crippen molar-refractivity contribution in [2.24, 2.45) is 0 Å². The molecule has 0 aliphatic carbocycles. The number of methoxy groups -OCH3 is 2. The first-order valence-corrected chi connectivity index (χ1v) is 5.07. The Morgan fingerprint density at radius 3 is 2.29 bits per heavy atom. The van der Waals surface area contributed by atoms with Crippen molar-refractivity contribution in [1.82, 2.24) is 0 Å². The number of hydrogen-bond donors (Lipinski definition) is 2. The summed E-state index contributed by atoms with van der Waals surface area (Å²) in [6, 6.07) is 1.74. The fourth-order valence-electron chi connectivity index (χ4n) is 1.70. The molecule has 1 aromatic rings. The fraction of sp³-hybridized carbons (Fsp3) is 0.417. The molecule has 1 rings (SSSR count). The van der Waals surface area contributed by atoms with Crippen molar-refractivity contribution < 1.29 is 24.5 Å². The highest BCUT2D eigenvalue weighted by atomic mass is 16.5. The summed E-state index contributed by atoms with van der Waals surface area (Å²) in [6.07, 6.45) is -1.63. The van der Waals surface area contributed by atoms with E-state index in [9.17, 15) is 9.90 Å². The van der Waals surface area contributed by atoms with Crippen LogP contribution in [0.3, 0.4) is 0 Å². The Morgan fingerprint density at radius 2 is 1.88 bits per heavy atom. The topological polar surface area (TPSA) is 76.0 Å². The van der Waals surface area contributed by atoms with Gasteiger partial charge in [-0.2, -0.15) is 0 Å². The van der Waals surface area contributed by atoms with Gasteiger partial charge in [0.05, 0.1) is 14.2 Å². The second-order valence-corrected chi connectivity index (χ2v) is 3.71. The lowest BCUT2D eigenvalue weighted by Crippen LogP contribution is -2.14. The number of rotatable bonds is 4. The molecule has 5 heteroatoms. The number of carboxylic acids is 1. The van der Waals surface area contributed by atoms with Gasteiger partial charge in [0.25, 0.3) is 0 Å². The van der Waals surface area contributed by atoms with Gasteiger partial charge in [-0.25, -0.2) is 4.79 Å². The van der Waals surface area contributed by atoms with Gasteiger partial charge in [0.1, 0.15) is 0 Å². The third-order valence-electron chi connectivity index (χ3n) is 2.74. The van der Waals surface area contributed by atoms with Crippen LogP contribution in [0.15, 0.2) is 6.07 Å². The van der Waals surface area contributed by atoms with E-state index >= 15 is 0 Å². The number of carbonyl (C=O) groups is 1. The zero-order valence-corrected chi connectivity index (χ0v) is 10.3. The molecule has 1 atom stereocenters. The third kappa shape index (κ3) is 2.34. The molecule has 0 saturated carbocycles. The molecule has 5 nitrogen and oxygen atoms in total. The molecule has 0 heterocycles. The lowest BCUT2D eigenvalue weighted by atomic mass is 9.97. The molecule has 0 aliphatic rings. The molecular formula is C12H16O5. The maximum Gasteiger partial charge on any atom is 0.337 e. The van der Waals surface area contributed by atoms with Crippen molar-refractivity contribution in [2.75, 3.05) is 14.2 Å². The van der Waals surface area contributed by atoms with Gasteiger partial charge in [-0.3, -0.25) is 0 Å². The van der Waals surface area contributed by atoms with E-state index in [1.54, 1.807) is 13.0 Å². The third-order valence-corrected chi connectivity index (χ3v) is 2.74. The van der Waals surface area contributed by atoms with E-state index in [0.29, 0.717) is 11.3 Å². The van der Waals surface area contributed by atoms with E-state index in [4.69, 9.17) is 14.6 Å². The van der Waals surface area contributed by atoms with Crippen molar-refractivity contribution >= 4 is 5.97 Å². The molecule has 17 heavy (non-hydrogen) atoms. The second-order valence-electron chi connectivity index (χ2n) is 3.71. The van der Waals surface area contributed by atoms with Crippen LogP contribution in [0, 0.1) is 13.8 Å². The summed E-state index contributed by atoms with van der Waals surface area (Å²) in [7, 11) is 2.87. The maximum absolute atomic E-state index is 10.9. The second kappa shape index (κ2) is 5.05. The number of aliphatic hydroxyl groups is 1. The Bertz CT molecular complexity index is 439. The van der Waals surface area contributed by atoms with Crippen LogP contribution < -0.4 is 9.47 Å². The first-order valence-electron chi connectivity index (χ1n) is 5.07. The molecule has 0 bridgehead atoms. The molecule has 1 unspecified atom stereocenters. The average Bonchev–Trinajstić information content (AvgIpc) is 2.30. The van der Waals surface area contributed by atoms with E-state index in [0.717, 1.165) is 5.56 Å². The minimum atomic E-state index is -1.63. The quantitative estimate of drug-likeness (QED) is 0.832. The number of hydrogen-bond acceptors (Lipinski definition) is 4. The number of aliphatic carboxylic acids is 1. The Kier molecular flexibility index (Phi) is 3.96. The summed E-state index contributed by atoms with van der Waals surface area (Å²) in [5.41, 5.74) is 1.74. The van der Waals surface area contributed by atoms with E-state index < -0.39 is 12.1 Å². The number of aryl methyl sites for hydroxylation is 1. The Hall–Kier alpha value is -1.75. The number of carboxylic acid groups (broad SMARTS) is 1. The number of ether oxygens (including phenoxy) is 2. The van der Waals surface area contributed by atoms with Crippen LogP contribution in [-0.2, 0) is 4.79 Å². The molecule has 94 valence electrons. The summed E-state index contributed by atoms with van der Waals surface area (Å²) in [6.45, 7) is 3.55. The molecule has 0 amide bonds. The Balaban J connectivity index is 3.53. The van der Waals surface area contributed by atoms with Gasteiger partial charge in [-0.15, -0.1) is 0 Å². The first kappa shape index (κ1) is 13.3. The van der Waals surface area contributed by atoms with Crippen molar-refractivity contribution in [3.8, 4) is 11.5 Å². The number of aliphatic hydroxyl groups excluding tert-OH is 1. The van der Waals surface area contributed by atoms with Crippen molar-refractivity contribution in [1.29, 1.82) is 0 Å². The Morgan fingerprint density at radius 1 is 1.29 bits per heavy atom. The van der Waals surface area contributed by atoms with Gasteiger partial charge < -0.3 is 19.7 Å². The smallest absolute Gasteiger partial charge is 0.337 e. The van der Waals surface area contributed by atoms with E-state index in [2.05, 4.69) is 0 Å². The van der Waals surface area contributed by atoms with Crippen molar-refractivity contribution in [3.63, 3.8) is 0 Å². The zero-order valence-electron chi connectivity index (χ0n) is 10.3. The lowest BCUT2D eigenvalue weighted by molar-refractivity contribution is -0.147. The highest BCUT2D eigenvalue weighted by molar-refractivity contribution is 5.77. The summed E-state index contributed by atoms with van der Waals surface area (Å²) < 4.78 is 10.2. The summed E-state index contributed by atoms with van der Waals surface area (Å²) >= 11 is 0. The van der Waals surface area contributed by atoms with E-state index in [1.165, 1.54) is 14.2 Å². The summed E-state index contributed by atoms with van der Waals surface area (Å²) in [5, 5.41) is 18.6. The summed E-state index contributed by atoms with van der Waals surface area (Å²) in [4.78, 5) is 10.9. The molecule has 0 aromatic heterocycles. The van der Waals surface area contributed by atoms with Crippen LogP contribution in [0.5, 0.6) is 11.5 Å². The normalized spacial score (nSPS) is 12.1. The SMILES string of the molecule is COc1cc(C)c(C)c(C(O)C(=O)O)c1OC. The van der Waals surface area contributed by atoms with Crippen LogP contribution in [0.4, 0.5) is 0 Å². The fourth-order valence-corrected chi connectivity index (χ4v) is 1.70. The molecule has 0 fully saturated rings. The van der Waals surface area contributed by atoms with E-state index in [1.807, 2.05) is 6.92 Å². The van der Waals surface area contributed by atoms with Crippen LogP contribution in [0.2, 0.25) is 0 Å². The minimum absolute atomic E-state index is 0.233. The van der Waals surface area contributed by atoms with Gasteiger partial charge in [0, 0.05) is 5.56 Å². The number of benzene rings is 1. The van der Waals surface area contributed by atoms with Gasteiger partial charge in [-0.1, -0.05) is 0 Å². The maximum atomic E-state index is 10.9. The van der Waals surface area contributed by atoms with Gasteiger partial charge >= 0.3 is 5.97 Å². The standard InChI is InChI=1S/C12H16O5/c1-6-5-8(16-3)11(17-4)9(7(6)2)10(13)12(14)15/h5,10,13H,1-4H3,(H,14,15). The average molecular weight is 240 g/mol. The predicted molar refractivity (Wildman–Crippen MR) is 61.6 cm³/mol. The largest absolute Gasteiger partial charge is 0.493 e. The van der Waals surface area contributed by atoms with Gasteiger partial charge in [0.15, 0.2) is 17.6 Å². The molecular weight excluding hydrogens is 224 g/mol. The highest BCUT2D eigenvalue weighted by Gasteiger charge is 2.26. The van der Waals surface area contributed by atoms with Crippen LogP contribution in [0.25, 0.3) is 0 Å². The van der Waals surface area contributed by atoms with Crippen molar-refractivity contribution in [2.45, 2.75) is 20.0 Å². The predicted octanol–water partition coefficient (Wildman–Crippen LogP) is 1.44. The molecule has 0 aliphatic heterocycles. The van der Waals surface area contributed by atoms with E-state index in [-0.39, 0.29) is 11.3 Å². The first-order chi connectivity index (χ1) is 7.93. The highest BCUT2D eigenvalue weighted by Crippen LogP contribution is 2.39. The molecule has 0 radical (unpaired) electrons. The van der Waals surface area contributed by atoms with Gasteiger partial charge in [-0.05, 0) is 31.0 Å². The summed E-state index contributed by atoms with van der Waals surface area (Å²) in [5.74, 6) is -0.657. The molecule has 1 aromatic carbocycles. The monoisotopic (exact) mass is 240 g/mol. The molecule has 2 N–H and O–H groups in total. The lowest BCUT2D eigenvalue weighted by Gasteiger charge is -2.19. The zero-order chi connectivity index (χ0) is 13.2. The molecule has 0 spiro atoms. The van der Waals surface area contributed by atoms with Crippen LogP contribution >= 0.6 is 0 Å². The molecule has 0 saturated heterocycles. The van der Waals surface area contributed by atoms with Gasteiger partial charge in [0.2, 0.25) is 0 Å². The van der Waals surface area contributed by atoms with Crippen LogP contribution in [-0.4, -0.2) is 30.4 Å². The minimum Gasteiger partial charge on any atom is -0.493 e. The van der Waals surface area contributed by atoms with Crippen LogP contribution in [0.1, 0.15) is 22.8 Å². The Labute approximate surface area is 99.6 Å².